The lowest BCUT2D eigenvalue weighted by Crippen LogP contribution is -2.25. The van der Waals surface area contributed by atoms with Gasteiger partial charge in [-0.3, -0.25) is 4.79 Å². The molecule has 216 valence electrons. The third kappa shape index (κ3) is 8.18. The number of aromatic nitrogens is 1. The number of rotatable bonds is 9. The van der Waals surface area contributed by atoms with Crippen molar-refractivity contribution in [3.63, 3.8) is 0 Å². The van der Waals surface area contributed by atoms with Gasteiger partial charge < -0.3 is 25.8 Å². The summed E-state index contributed by atoms with van der Waals surface area (Å²) in [5, 5.41) is 18.7. The van der Waals surface area contributed by atoms with Crippen molar-refractivity contribution in [2.24, 2.45) is 10.7 Å². The zero-order chi connectivity index (χ0) is 30.2. The van der Waals surface area contributed by atoms with Crippen molar-refractivity contribution in [3.05, 3.63) is 95.1 Å². The topological polar surface area (TPSA) is 132 Å². The molecule has 0 unspecified atom stereocenters. The number of hydrogen-bond donors (Lipinski definition) is 4. The number of halogens is 3. The largest absolute Gasteiger partial charge is 0.494 e. The van der Waals surface area contributed by atoms with Crippen molar-refractivity contribution in [3.8, 4) is 5.88 Å². The van der Waals surface area contributed by atoms with E-state index in [1.807, 2.05) is 42.5 Å². The van der Waals surface area contributed by atoms with Gasteiger partial charge in [-0.25, -0.2) is 9.79 Å². The fourth-order valence-corrected chi connectivity index (χ4v) is 4.13. The number of likely N-dealkylation sites (N-methyl/N-ethyl adjacent to an activating group) is 1. The zero-order valence-electron chi connectivity index (χ0n) is 22.6. The third-order valence-electron chi connectivity index (χ3n) is 6.38. The Morgan fingerprint density at radius 3 is 2.10 bits per heavy atom. The summed E-state index contributed by atoms with van der Waals surface area (Å²) in [5.74, 6) is -3.28. The maximum absolute atomic E-state index is 11.6. The van der Waals surface area contributed by atoms with Gasteiger partial charge in [-0.05, 0) is 49.3 Å². The average molecular weight is 569 g/mol. The van der Waals surface area contributed by atoms with E-state index < -0.39 is 18.1 Å². The first kappa shape index (κ1) is 30.9. The predicted molar refractivity (Wildman–Crippen MR) is 152 cm³/mol. The van der Waals surface area contributed by atoms with Crippen LogP contribution in [0.15, 0.2) is 77.8 Å². The Kier molecular flexibility index (Phi) is 10.3. The number of carbonyl (C=O) groups is 2. The van der Waals surface area contributed by atoms with Gasteiger partial charge >= 0.3 is 12.1 Å². The number of primary amides is 1. The lowest BCUT2D eigenvalue weighted by molar-refractivity contribution is -0.192. The Labute approximate surface area is 234 Å². The molecule has 0 aliphatic heterocycles. The van der Waals surface area contributed by atoms with Gasteiger partial charge in [0.1, 0.15) is 0 Å². The van der Waals surface area contributed by atoms with E-state index in [2.05, 4.69) is 35.9 Å². The SMILES string of the molecule is CCN(CC)CCc1ccc(N=C(c2ccccc2)c2c(O)[nH]c3cc(C(N)=O)ccc23)cc1.O=C(O)C(F)(F)F. The first-order valence-corrected chi connectivity index (χ1v) is 12.8. The number of benzene rings is 3. The van der Waals surface area contributed by atoms with Crippen LogP contribution in [0.3, 0.4) is 0 Å². The van der Waals surface area contributed by atoms with Crippen molar-refractivity contribution >= 4 is 34.2 Å². The summed E-state index contributed by atoms with van der Waals surface area (Å²) in [6.45, 7) is 7.49. The van der Waals surface area contributed by atoms with Gasteiger partial charge in [-0.15, -0.1) is 0 Å². The molecular formula is C30H31F3N4O4. The second-order valence-electron chi connectivity index (χ2n) is 9.05. The van der Waals surface area contributed by atoms with E-state index in [1.165, 1.54) is 5.56 Å². The summed E-state index contributed by atoms with van der Waals surface area (Å²) in [5.41, 5.74) is 10.6. The van der Waals surface area contributed by atoms with E-state index in [9.17, 15) is 23.1 Å². The molecule has 0 aliphatic rings. The van der Waals surface area contributed by atoms with Crippen molar-refractivity contribution in [1.29, 1.82) is 0 Å². The molecule has 0 saturated heterocycles. The molecule has 1 aromatic heterocycles. The van der Waals surface area contributed by atoms with Crippen LogP contribution in [-0.2, 0) is 11.2 Å². The number of fused-ring (bicyclic) bond motifs is 1. The molecule has 4 aromatic rings. The maximum Gasteiger partial charge on any atom is 0.490 e. The van der Waals surface area contributed by atoms with E-state index in [0.717, 1.165) is 42.7 Å². The summed E-state index contributed by atoms with van der Waals surface area (Å²) >= 11 is 0. The standard InChI is InChI=1S/C28H30N4O2.C2HF3O2/c1-3-32(4-2)17-16-19-10-13-22(14-11-19)30-26(20-8-6-5-7-9-20)25-23-15-12-21(27(29)33)18-24(23)31-28(25)34;3-2(4,5)1(6)7/h5-15,18,31,34H,3-4,16-17H2,1-2H3,(H2,29,33);(H,6,7). The number of H-pyrrole nitrogens is 1. The number of carbonyl (C=O) groups excluding carboxylic acids is 1. The van der Waals surface area contributed by atoms with Crippen LogP contribution in [0.5, 0.6) is 5.88 Å². The quantitative estimate of drug-likeness (QED) is 0.194. The highest BCUT2D eigenvalue weighted by atomic mass is 19.4. The van der Waals surface area contributed by atoms with Crippen molar-refractivity contribution in [2.45, 2.75) is 26.4 Å². The summed E-state index contributed by atoms with van der Waals surface area (Å²) in [6.07, 6.45) is -4.09. The molecule has 3 aromatic carbocycles. The minimum absolute atomic E-state index is 0.00457. The van der Waals surface area contributed by atoms with Gasteiger partial charge in [-0.1, -0.05) is 62.4 Å². The van der Waals surface area contributed by atoms with E-state index in [-0.39, 0.29) is 5.88 Å². The number of carboxylic acid groups (broad SMARTS) is 1. The molecule has 0 aliphatic carbocycles. The number of aromatic amines is 1. The minimum atomic E-state index is -5.08. The highest BCUT2D eigenvalue weighted by molar-refractivity contribution is 6.22. The Morgan fingerprint density at radius 2 is 1.56 bits per heavy atom. The monoisotopic (exact) mass is 568 g/mol. The van der Waals surface area contributed by atoms with Gasteiger partial charge in [-0.2, -0.15) is 13.2 Å². The van der Waals surface area contributed by atoms with Crippen LogP contribution in [0.1, 0.15) is 40.9 Å². The fourth-order valence-electron chi connectivity index (χ4n) is 4.13. The molecule has 1 heterocycles. The molecule has 0 bridgehead atoms. The summed E-state index contributed by atoms with van der Waals surface area (Å²) in [4.78, 5) is 30.8. The van der Waals surface area contributed by atoms with Gasteiger partial charge in [0.25, 0.3) is 0 Å². The van der Waals surface area contributed by atoms with Gasteiger partial charge in [0.2, 0.25) is 5.91 Å². The predicted octanol–water partition coefficient (Wildman–Crippen LogP) is 5.66. The van der Waals surface area contributed by atoms with Crippen LogP contribution in [0, 0.1) is 0 Å². The third-order valence-corrected chi connectivity index (χ3v) is 6.38. The molecule has 41 heavy (non-hydrogen) atoms. The molecule has 5 N–H and O–H groups in total. The number of alkyl halides is 3. The second-order valence-corrected chi connectivity index (χ2v) is 9.05. The lowest BCUT2D eigenvalue weighted by Gasteiger charge is -2.17. The number of nitrogens with one attached hydrogen (secondary N) is 1. The van der Waals surface area contributed by atoms with Crippen LogP contribution in [0.2, 0.25) is 0 Å². The molecular weight excluding hydrogens is 537 g/mol. The van der Waals surface area contributed by atoms with Gasteiger partial charge in [0, 0.05) is 28.6 Å². The maximum atomic E-state index is 11.6. The van der Waals surface area contributed by atoms with Crippen molar-refractivity contribution < 1.29 is 33.0 Å². The Balaban J connectivity index is 0.000000587. The van der Waals surface area contributed by atoms with Gasteiger partial charge in [0.05, 0.1) is 17.0 Å². The van der Waals surface area contributed by atoms with Crippen LogP contribution >= 0.6 is 0 Å². The zero-order valence-corrected chi connectivity index (χ0v) is 22.6. The first-order chi connectivity index (χ1) is 19.4. The number of aromatic hydroxyl groups is 1. The molecule has 0 radical (unpaired) electrons. The minimum Gasteiger partial charge on any atom is -0.494 e. The molecule has 11 heteroatoms. The highest BCUT2D eigenvalue weighted by Gasteiger charge is 2.38. The van der Waals surface area contributed by atoms with E-state index in [1.54, 1.807) is 18.2 Å². The van der Waals surface area contributed by atoms with Crippen LogP contribution in [-0.4, -0.2) is 63.5 Å². The van der Waals surface area contributed by atoms with E-state index >= 15 is 0 Å². The first-order valence-electron chi connectivity index (χ1n) is 12.8. The summed E-state index contributed by atoms with van der Waals surface area (Å²) < 4.78 is 31.7. The molecule has 0 atom stereocenters. The van der Waals surface area contributed by atoms with Crippen LogP contribution in [0.25, 0.3) is 10.9 Å². The molecule has 8 nitrogen and oxygen atoms in total. The molecule has 0 spiro atoms. The van der Waals surface area contributed by atoms with Crippen LogP contribution < -0.4 is 5.73 Å². The molecule has 0 saturated carbocycles. The Bertz CT molecular complexity index is 1510. The average Bonchev–Trinajstić information content (AvgIpc) is 3.28. The lowest BCUT2D eigenvalue weighted by atomic mass is 10.00. The number of nitrogens with zero attached hydrogens (tertiary/aromatic N) is 2. The van der Waals surface area contributed by atoms with E-state index in [4.69, 9.17) is 20.6 Å². The number of nitrogens with two attached hydrogens (primary N) is 1. The van der Waals surface area contributed by atoms with Crippen molar-refractivity contribution in [1.82, 2.24) is 9.88 Å². The fraction of sp³-hybridized carbons (Fsp3) is 0.233. The van der Waals surface area contributed by atoms with E-state index in [0.29, 0.717) is 22.4 Å². The summed E-state index contributed by atoms with van der Waals surface area (Å²) in [6, 6.07) is 23.1. The summed E-state index contributed by atoms with van der Waals surface area (Å²) in [7, 11) is 0. The number of amides is 1. The number of carboxylic acids is 1. The molecule has 0 fully saturated rings. The molecule has 4 rings (SSSR count). The number of aliphatic carboxylic acids is 1. The number of hydrogen-bond acceptors (Lipinski definition) is 5. The Hall–Kier alpha value is -4.64. The Morgan fingerprint density at radius 1 is 0.951 bits per heavy atom. The van der Waals surface area contributed by atoms with Gasteiger partial charge in [0.15, 0.2) is 5.88 Å². The van der Waals surface area contributed by atoms with Crippen molar-refractivity contribution in [2.75, 3.05) is 19.6 Å². The second kappa shape index (κ2) is 13.6. The number of aliphatic imine (C=N–C) groups is 1. The smallest absolute Gasteiger partial charge is 0.490 e. The highest BCUT2D eigenvalue weighted by Crippen LogP contribution is 2.32. The normalized spacial score (nSPS) is 11.8. The van der Waals surface area contributed by atoms with Crippen LogP contribution in [0.4, 0.5) is 18.9 Å². The molecule has 1 amide bonds.